The molecule has 23 heavy (non-hydrogen) atoms. The predicted molar refractivity (Wildman–Crippen MR) is 95.1 cm³/mol. The number of para-hydroxylation sites is 1. The second-order valence-corrected chi connectivity index (χ2v) is 5.71. The number of anilines is 1. The van der Waals surface area contributed by atoms with Gasteiger partial charge in [-0.2, -0.15) is 0 Å². The highest BCUT2D eigenvalue weighted by atomic mass is 16.5. The Bertz CT molecular complexity index is 662. The molecule has 3 heteroatoms. The van der Waals surface area contributed by atoms with Gasteiger partial charge in [0, 0.05) is 5.69 Å². The number of amides is 1. The minimum atomic E-state index is -0.549. The van der Waals surface area contributed by atoms with Gasteiger partial charge in [0.1, 0.15) is 5.75 Å². The molecular weight excluding hydrogens is 286 g/mol. The van der Waals surface area contributed by atoms with Gasteiger partial charge in [-0.3, -0.25) is 4.79 Å². The summed E-state index contributed by atoms with van der Waals surface area (Å²) >= 11 is 0. The second kappa shape index (κ2) is 7.82. The molecule has 0 spiro atoms. The molecule has 0 bridgehead atoms. The smallest absolute Gasteiger partial charge is 0.265 e. The van der Waals surface area contributed by atoms with Crippen molar-refractivity contribution in [3.63, 3.8) is 0 Å². The zero-order valence-corrected chi connectivity index (χ0v) is 14.3. The molecule has 3 nitrogen and oxygen atoms in total. The van der Waals surface area contributed by atoms with Crippen molar-refractivity contribution in [1.29, 1.82) is 0 Å². The first-order valence-corrected chi connectivity index (χ1v) is 8.20. The molecule has 2 rings (SSSR count). The van der Waals surface area contributed by atoms with Gasteiger partial charge in [-0.25, -0.2) is 0 Å². The van der Waals surface area contributed by atoms with Crippen molar-refractivity contribution < 1.29 is 9.53 Å². The number of benzene rings is 2. The Hall–Kier alpha value is -2.29. The first-order valence-electron chi connectivity index (χ1n) is 8.20. The van der Waals surface area contributed by atoms with E-state index < -0.39 is 6.10 Å². The number of aryl methyl sites for hydroxylation is 3. The average molecular weight is 311 g/mol. The number of rotatable bonds is 6. The van der Waals surface area contributed by atoms with E-state index in [1.165, 1.54) is 5.56 Å². The molecular formula is C20H25NO2. The molecule has 1 atom stereocenters. The van der Waals surface area contributed by atoms with Gasteiger partial charge in [0.25, 0.3) is 5.91 Å². The van der Waals surface area contributed by atoms with Crippen LogP contribution in [-0.4, -0.2) is 12.0 Å². The Morgan fingerprint density at radius 1 is 1.09 bits per heavy atom. The fourth-order valence-electron chi connectivity index (χ4n) is 2.49. The highest BCUT2D eigenvalue weighted by Gasteiger charge is 2.17. The Morgan fingerprint density at radius 2 is 1.78 bits per heavy atom. The molecule has 0 fully saturated rings. The maximum Gasteiger partial charge on any atom is 0.265 e. The fraction of sp³-hybridized carbons (Fsp3) is 0.350. The lowest BCUT2D eigenvalue weighted by atomic mass is 10.1. The number of hydrogen-bond acceptors (Lipinski definition) is 2. The van der Waals surface area contributed by atoms with Crippen molar-refractivity contribution in [2.24, 2.45) is 0 Å². The topological polar surface area (TPSA) is 38.3 Å². The molecule has 0 aliphatic heterocycles. The molecule has 0 aromatic heterocycles. The molecule has 0 aliphatic carbocycles. The van der Waals surface area contributed by atoms with Crippen LogP contribution in [0.4, 0.5) is 5.69 Å². The molecule has 0 heterocycles. The van der Waals surface area contributed by atoms with E-state index in [4.69, 9.17) is 4.74 Å². The summed E-state index contributed by atoms with van der Waals surface area (Å²) in [5, 5.41) is 3.01. The van der Waals surface area contributed by atoms with E-state index in [9.17, 15) is 4.79 Å². The summed E-state index contributed by atoms with van der Waals surface area (Å²) in [7, 11) is 0. The summed E-state index contributed by atoms with van der Waals surface area (Å²) < 4.78 is 5.75. The number of nitrogens with one attached hydrogen (secondary N) is 1. The molecule has 2 aromatic carbocycles. The van der Waals surface area contributed by atoms with E-state index in [1.54, 1.807) is 6.92 Å². The van der Waals surface area contributed by atoms with Crippen LogP contribution in [0.3, 0.4) is 0 Å². The Kier molecular flexibility index (Phi) is 5.80. The van der Waals surface area contributed by atoms with E-state index in [2.05, 4.69) is 19.2 Å². The van der Waals surface area contributed by atoms with Gasteiger partial charge in [-0.1, -0.05) is 44.2 Å². The standard InChI is InChI=1S/C20H25NO2/c1-5-16-10-12-18(13-11-16)23-15(4)20(22)21-19-14(3)8-7-9-17(19)6-2/h7-13,15H,5-6H2,1-4H3,(H,21,22). The average Bonchev–Trinajstić information content (AvgIpc) is 2.57. The largest absolute Gasteiger partial charge is 0.481 e. The third-order valence-electron chi connectivity index (χ3n) is 4.00. The van der Waals surface area contributed by atoms with E-state index in [1.807, 2.05) is 49.4 Å². The third kappa shape index (κ3) is 4.35. The van der Waals surface area contributed by atoms with E-state index in [-0.39, 0.29) is 5.91 Å². The van der Waals surface area contributed by atoms with Crippen LogP contribution in [0.15, 0.2) is 42.5 Å². The zero-order valence-electron chi connectivity index (χ0n) is 14.3. The van der Waals surface area contributed by atoms with Gasteiger partial charge in [0.2, 0.25) is 0 Å². The van der Waals surface area contributed by atoms with Crippen LogP contribution >= 0.6 is 0 Å². The van der Waals surface area contributed by atoms with Crippen LogP contribution in [0, 0.1) is 6.92 Å². The van der Waals surface area contributed by atoms with Crippen LogP contribution < -0.4 is 10.1 Å². The van der Waals surface area contributed by atoms with Crippen LogP contribution in [0.2, 0.25) is 0 Å². The van der Waals surface area contributed by atoms with Crippen LogP contribution in [0.1, 0.15) is 37.5 Å². The van der Waals surface area contributed by atoms with E-state index in [0.29, 0.717) is 5.75 Å². The summed E-state index contributed by atoms with van der Waals surface area (Å²) in [5.74, 6) is 0.582. The normalized spacial score (nSPS) is 11.8. The van der Waals surface area contributed by atoms with Gasteiger partial charge < -0.3 is 10.1 Å². The number of ether oxygens (including phenoxy) is 1. The molecule has 1 unspecified atom stereocenters. The van der Waals surface area contributed by atoms with Gasteiger partial charge in [-0.05, 0) is 55.5 Å². The SMILES string of the molecule is CCc1ccc(OC(C)C(=O)Nc2c(C)cccc2CC)cc1. The summed E-state index contributed by atoms with van der Waals surface area (Å²) in [6.07, 6.45) is 1.32. The van der Waals surface area contributed by atoms with Crippen LogP contribution in [0.5, 0.6) is 5.75 Å². The Morgan fingerprint density at radius 3 is 2.39 bits per heavy atom. The lowest BCUT2D eigenvalue weighted by Crippen LogP contribution is -2.30. The van der Waals surface area contributed by atoms with E-state index in [0.717, 1.165) is 29.7 Å². The molecule has 0 aliphatic rings. The van der Waals surface area contributed by atoms with Crippen molar-refractivity contribution in [2.45, 2.75) is 46.6 Å². The monoisotopic (exact) mass is 311 g/mol. The number of carbonyl (C=O) groups is 1. The molecule has 0 saturated heterocycles. The molecule has 0 saturated carbocycles. The third-order valence-corrected chi connectivity index (χ3v) is 4.00. The first-order chi connectivity index (χ1) is 11.0. The van der Waals surface area contributed by atoms with E-state index >= 15 is 0 Å². The minimum absolute atomic E-state index is 0.131. The van der Waals surface area contributed by atoms with Crippen molar-refractivity contribution in [2.75, 3.05) is 5.32 Å². The summed E-state index contributed by atoms with van der Waals surface area (Å²) in [4.78, 5) is 12.4. The number of hydrogen-bond donors (Lipinski definition) is 1. The highest BCUT2D eigenvalue weighted by molar-refractivity contribution is 5.95. The van der Waals surface area contributed by atoms with Gasteiger partial charge >= 0.3 is 0 Å². The van der Waals surface area contributed by atoms with Gasteiger partial charge in [0.15, 0.2) is 6.10 Å². The molecule has 1 amide bonds. The summed E-state index contributed by atoms with van der Waals surface area (Å²) in [6, 6.07) is 13.9. The first kappa shape index (κ1) is 17.1. The minimum Gasteiger partial charge on any atom is -0.481 e. The van der Waals surface area contributed by atoms with Crippen molar-refractivity contribution in [3.8, 4) is 5.75 Å². The lowest BCUT2D eigenvalue weighted by molar-refractivity contribution is -0.122. The van der Waals surface area contributed by atoms with Crippen molar-refractivity contribution in [3.05, 3.63) is 59.2 Å². The quantitative estimate of drug-likeness (QED) is 0.851. The molecule has 0 radical (unpaired) electrons. The molecule has 1 N–H and O–H groups in total. The maximum absolute atomic E-state index is 12.4. The van der Waals surface area contributed by atoms with Gasteiger partial charge in [-0.15, -0.1) is 0 Å². The van der Waals surface area contributed by atoms with Crippen molar-refractivity contribution >= 4 is 11.6 Å². The highest BCUT2D eigenvalue weighted by Crippen LogP contribution is 2.22. The Balaban J connectivity index is 2.05. The number of carbonyl (C=O) groups excluding carboxylic acids is 1. The van der Waals surface area contributed by atoms with Crippen LogP contribution in [-0.2, 0) is 17.6 Å². The van der Waals surface area contributed by atoms with Gasteiger partial charge in [0.05, 0.1) is 0 Å². The lowest BCUT2D eigenvalue weighted by Gasteiger charge is -2.18. The van der Waals surface area contributed by atoms with Crippen LogP contribution in [0.25, 0.3) is 0 Å². The summed E-state index contributed by atoms with van der Waals surface area (Å²) in [6.45, 7) is 7.97. The molecule has 122 valence electrons. The van der Waals surface area contributed by atoms with Crippen molar-refractivity contribution in [1.82, 2.24) is 0 Å². The molecule has 2 aromatic rings. The zero-order chi connectivity index (χ0) is 16.8. The fourth-order valence-corrected chi connectivity index (χ4v) is 2.49. The Labute approximate surface area is 138 Å². The summed E-state index contributed by atoms with van der Waals surface area (Å²) in [5.41, 5.74) is 4.36. The predicted octanol–water partition coefficient (Wildman–Crippen LogP) is 4.53. The second-order valence-electron chi connectivity index (χ2n) is 5.71. The maximum atomic E-state index is 12.4.